The van der Waals surface area contributed by atoms with Gasteiger partial charge in [-0.15, -0.1) is 0 Å². The fourth-order valence-corrected chi connectivity index (χ4v) is 3.09. The van der Waals surface area contributed by atoms with E-state index in [9.17, 15) is 5.11 Å². The number of likely N-dealkylation sites (tertiary alicyclic amines) is 1. The predicted molar refractivity (Wildman–Crippen MR) is 66.5 cm³/mol. The van der Waals surface area contributed by atoms with E-state index >= 15 is 0 Å². The van der Waals surface area contributed by atoms with Crippen LogP contribution in [0.4, 0.5) is 0 Å². The first-order valence-electron chi connectivity index (χ1n) is 5.93. The van der Waals surface area contributed by atoms with Gasteiger partial charge in [-0.1, -0.05) is 11.6 Å². The lowest BCUT2D eigenvalue weighted by atomic mass is 9.88. The van der Waals surface area contributed by atoms with Crippen molar-refractivity contribution in [3.8, 4) is 5.75 Å². The molecular weight excluding hydrogens is 238 g/mol. The lowest BCUT2D eigenvalue weighted by molar-refractivity contribution is -0.00576. The van der Waals surface area contributed by atoms with Gasteiger partial charge < -0.3 is 14.7 Å². The fraction of sp³-hybridized carbons (Fsp3) is 0.538. The Bertz CT molecular complexity index is 451. The van der Waals surface area contributed by atoms with E-state index in [0.717, 1.165) is 30.8 Å². The average Bonchev–Trinajstić information content (AvgIpc) is 2.61. The molecule has 0 aromatic heterocycles. The number of fused-ring (bicyclic) bond motifs is 1. The summed E-state index contributed by atoms with van der Waals surface area (Å²) in [6, 6.07) is 5.47. The molecule has 1 spiro atoms. The zero-order valence-corrected chi connectivity index (χ0v) is 10.6. The Morgan fingerprint density at radius 1 is 1.53 bits per heavy atom. The van der Waals surface area contributed by atoms with E-state index in [-0.39, 0.29) is 5.60 Å². The Labute approximate surface area is 106 Å². The van der Waals surface area contributed by atoms with Crippen LogP contribution in [0.25, 0.3) is 0 Å². The van der Waals surface area contributed by atoms with Gasteiger partial charge in [-0.25, -0.2) is 0 Å². The van der Waals surface area contributed by atoms with Gasteiger partial charge in [-0.2, -0.15) is 0 Å². The molecule has 3 nitrogen and oxygen atoms in total. The minimum atomic E-state index is -0.469. The van der Waals surface area contributed by atoms with Crippen LogP contribution in [0.1, 0.15) is 24.5 Å². The molecule has 1 saturated heterocycles. The van der Waals surface area contributed by atoms with Gasteiger partial charge in [-0.05, 0) is 25.2 Å². The monoisotopic (exact) mass is 253 g/mol. The van der Waals surface area contributed by atoms with Gasteiger partial charge >= 0.3 is 0 Å². The van der Waals surface area contributed by atoms with E-state index in [4.69, 9.17) is 16.3 Å². The maximum atomic E-state index is 10.2. The first-order valence-corrected chi connectivity index (χ1v) is 6.31. The summed E-state index contributed by atoms with van der Waals surface area (Å²) in [5.74, 6) is 0.781. The van der Waals surface area contributed by atoms with E-state index in [0.29, 0.717) is 11.4 Å². The van der Waals surface area contributed by atoms with Gasteiger partial charge in [0.15, 0.2) is 0 Å². The van der Waals surface area contributed by atoms with Gasteiger partial charge in [0.2, 0.25) is 0 Å². The first-order chi connectivity index (χ1) is 8.08. The highest BCUT2D eigenvalue weighted by Gasteiger charge is 2.44. The van der Waals surface area contributed by atoms with Crippen LogP contribution in [0.3, 0.4) is 0 Å². The molecule has 1 N–H and O–H groups in total. The van der Waals surface area contributed by atoms with Crippen molar-refractivity contribution in [3.63, 3.8) is 0 Å². The summed E-state index contributed by atoms with van der Waals surface area (Å²) in [6.07, 6.45) is 1.16. The van der Waals surface area contributed by atoms with Crippen LogP contribution in [0.15, 0.2) is 18.2 Å². The number of ether oxygens (including phenoxy) is 1. The van der Waals surface area contributed by atoms with Crippen molar-refractivity contribution in [2.24, 2.45) is 0 Å². The molecule has 2 aliphatic heterocycles. The van der Waals surface area contributed by atoms with E-state index in [2.05, 4.69) is 11.9 Å². The summed E-state index contributed by atoms with van der Waals surface area (Å²) >= 11 is 5.94. The van der Waals surface area contributed by atoms with Crippen LogP contribution in [0.2, 0.25) is 5.02 Å². The molecule has 0 amide bonds. The van der Waals surface area contributed by atoms with Crippen LogP contribution in [-0.4, -0.2) is 35.7 Å². The lowest BCUT2D eigenvalue weighted by Gasteiger charge is -2.38. The molecule has 1 fully saturated rings. The topological polar surface area (TPSA) is 32.7 Å². The summed E-state index contributed by atoms with van der Waals surface area (Å²) in [4.78, 5) is 2.24. The molecule has 92 valence electrons. The van der Waals surface area contributed by atoms with Crippen LogP contribution in [-0.2, 0) is 0 Å². The standard InChI is InChI=1S/C13H16ClNO2/c1-15-5-4-13(8-15)7-11(16)10-6-9(14)2-3-12(10)17-13/h2-3,6,11,16H,4-5,7-8H2,1H3. The van der Waals surface area contributed by atoms with Crippen LogP contribution >= 0.6 is 11.6 Å². The molecule has 0 aliphatic carbocycles. The van der Waals surface area contributed by atoms with E-state index in [1.54, 1.807) is 6.07 Å². The quantitative estimate of drug-likeness (QED) is 0.770. The largest absolute Gasteiger partial charge is 0.485 e. The van der Waals surface area contributed by atoms with Gasteiger partial charge in [0.1, 0.15) is 11.4 Å². The third kappa shape index (κ3) is 1.92. The number of rotatable bonds is 0. The molecule has 2 aliphatic rings. The van der Waals surface area contributed by atoms with Gasteiger partial charge in [0.25, 0.3) is 0 Å². The summed E-state index contributed by atoms with van der Waals surface area (Å²) < 4.78 is 6.12. The molecule has 17 heavy (non-hydrogen) atoms. The Morgan fingerprint density at radius 2 is 2.35 bits per heavy atom. The normalized spacial score (nSPS) is 32.5. The Kier molecular flexibility index (Phi) is 2.58. The molecule has 2 unspecified atom stereocenters. The van der Waals surface area contributed by atoms with Crippen molar-refractivity contribution in [2.45, 2.75) is 24.5 Å². The SMILES string of the molecule is CN1CCC2(CC(O)c3cc(Cl)ccc3O2)C1. The minimum absolute atomic E-state index is 0.213. The average molecular weight is 254 g/mol. The molecule has 4 heteroatoms. The number of hydrogen-bond acceptors (Lipinski definition) is 3. The highest BCUT2D eigenvalue weighted by atomic mass is 35.5. The summed E-state index contributed by atoms with van der Waals surface area (Å²) in [6.45, 7) is 1.90. The van der Waals surface area contributed by atoms with Crippen molar-refractivity contribution >= 4 is 11.6 Å². The smallest absolute Gasteiger partial charge is 0.126 e. The highest BCUT2D eigenvalue weighted by molar-refractivity contribution is 6.30. The van der Waals surface area contributed by atoms with Crippen LogP contribution < -0.4 is 4.74 Å². The van der Waals surface area contributed by atoms with E-state index < -0.39 is 6.10 Å². The maximum Gasteiger partial charge on any atom is 0.126 e. The second-order valence-electron chi connectivity index (χ2n) is 5.17. The van der Waals surface area contributed by atoms with Gasteiger partial charge in [0.05, 0.1) is 6.10 Å². The minimum Gasteiger partial charge on any atom is -0.485 e. The Morgan fingerprint density at radius 3 is 3.06 bits per heavy atom. The number of nitrogens with zero attached hydrogens (tertiary/aromatic N) is 1. The highest BCUT2D eigenvalue weighted by Crippen LogP contribution is 2.44. The van der Waals surface area contributed by atoms with Crippen molar-refractivity contribution in [1.82, 2.24) is 4.90 Å². The number of aliphatic hydroxyl groups is 1. The lowest BCUT2D eigenvalue weighted by Crippen LogP contribution is -2.43. The zero-order valence-electron chi connectivity index (χ0n) is 9.82. The molecule has 0 bridgehead atoms. The van der Waals surface area contributed by atoms with Crippen molar-refractivity contribution in [2.75, 3.05) is 20.1 Å². The second kappa shape index (κ2) is 3.87. The summed E-state index contributed by atoms with van der Waals surface area (Å²) in [5, 5.41) is 10.9. The predicted octanol–water partition coefficient (Wildman–Crippen LogP) is 2.23. The number of likely N-dealkylation sites (N-methyl/N-ethyl adjacent to an activating group) is 1. The van der Waals surface area contributed by atoms with Gasteiger partial charge in [0, 0.05) is 36.5 Å². The third-order valence-corrected chi connectivity index (χ3v) is 3.96. The zero-order chi connectivity index (χ0) is 12.0. The second-order valence-corrected chi connectivity index (χ2v) is 5.61. The first kappa shape index (κ1) is 11.3. The molecular formula is C13H16ClNO2. The molecule has 1 aromatic carbocycles. The fourth-order valence-electron chi connectivity index (χ4n) is 2.90. The van der Waals surface area contributed by atoms with Gasteiger partial charge in [-0.3, -0.25) is 0 Å². The Hall–Kier alpha value is -0.770. The summed E-state index contributed by atoms with van der Waals surface area (Å²) in [7, 11) is 2.09. The Balaban J connectivity index is 1.96. The van der Waals surface area contributed by atoms with E-state index in [1.165, 1.54) is 0 Å². The number of halogens is 1. The molecule has 1 aromatic rings. The number of benzene rings is 1. The number of aliphatic hydroxyl groups excluding tert-OH is 1. The maximum absolute atomic E-state index is 10.2. The molecule has 0 saturated carbocycles. The third-order valence-electron chi connectivity index (χ3n) is 3.73. The molecule has 0 radical (unpaired) electrons. The molecule has 2 heterocycles. The van der Waals surface area contributed by atoms with Crippen LogP contribution in [0.5, 0.6) is 5.75 Å². The number of hydrogen-bond donors (Lipinski definition) is 1. The molecule has 3 rings (SSSR count). The molecule has 2 atom stereocenters. The van der Waals surface area contributed by atoms with E-state index in [1.807, 2.05) is 12.1 Å². The van der Waals surface area contributed by atoms with Crippen molar-refractivity contribution in [3.05, 3.63) is 28.8 Å². The van der Waals surface area contributed by atoms with Crippen molar-refractivity contribution in [1.29, 1.82) is 0 Å². The summed E-state index contributed by atoms with van der Waals surface area (Å²) in [5.41, 5.74) is 0.604. The van der Waals surface area contributed by atoms with Crippen molar-refractivity contribution < 1.29 is 9.84 Å². The van der Waals surface area contributed by atoms with Crippen LogP contribution in [0, 0.1) is 0 Å².